The van der Waals surface area contributed by atoms with E-state index in [-0.39, 0.29) is 16.5 Å². The SMILES string of the molecule is COc1ccc(CCNc2ccc(C(=O)O)cc2S(=O)(=O)NC(C)C)cc1OC. The molecule has 0 unspecified atom stereocenters. The van der Waals surface area contributed by atoms with Crippen LogP contribution in [0.15, 0.2) is 41.3 Å². The van der Waals surface area contributed by atoms with Crippen LogP contribution in [0.5, 0.6) is 11.5 Å². The largest absolute Gasteiger partial charge is 0.493 e. The molecule has 9 heteroatoms. The van der Waals surface area contributed by atoms with Crippen molar-refractivity contribution in [2.45, 2.75) is 31.2 Å². The highest BCUT2D eigenvalue weighted by atomic mass is 32.2. The number of aromatic carboxylic acids is 1. The minimum Gasteiger partial charge on any atom is -0.493 e. The van der Waals surface area contributed by atoms with Crippen LogP contribution in [0.25, 0.3) is 0 Å². The third-order valence-corrected chi connectivity index (χ3v) is 5.78. The van der Waals surface area contributed by atoms with Crippen molar-refractivity contribution in [3.05, 3.63) is 47.5 Å². The van der Waals surface area contributed by atoms with Crippen molar-refractivity contribution >= 4 is 21.7 Å². The highest BCUT2D eigenvalue weighted by Crippen LogP contribution is 2.28. The number of nitrogens with one attached hydrogen (secondary N) is 2. The Hall–Kier alpha value is -2.78. The number of carboxylic acids is 1. The minimum atomic E-state index is -3.87. The van der Waals surface area contributed by atoms with Gasteiger partial charge in [-0.05, 0) is 56.2 Å². The van der Waals surface area contributed by atoms with Gasteiger partial charge in [0.05, 0.1) is 25.5 Å². The molecular formula is C20H26N2O6S. The van der Waals surface area contributed by atoms with Gasteiger partial charge in [-0.15, -0.1) is 0 Å². The third kappa shape index (κ3) is 5.85. The number of hydrogen-bond donors (Lipinski definition) is 3. The first-order chi connectivity index (χ1) is 13.7. The monoisotopic (exact) mass is 422 g/mol. The molecule has 0 fully saturated rings. The lowest BCUT2D eigenvalue weighted by Crippen LogP contribution is -2.31. The molecule has 0 spiro atoms. The molecule has 0 saturated carbocycles. The lowest BCUT2D eigenvalue weighted by atomic mass is 10.1. The zero-order chi connectivity index (χ0) is 21.6. The molecule has 0 saturated heterocycles. The Labute approximate surface area is 170 Å². The second kappa shape index (κ2) is 9.62. The van der Waals surface area contributed by atoms with Crippen LogP contribution in [0.4, 0.5) is 5.69 Å². The zero-order valence-electron chi connectivity index (χ0n) is 16.9. The Morgan fingerprint density at radius 1 is 1.07 bits per heavy atom. The van der Waals surface area contributed by atoms with Crippen molar-refractivity contribution in [1.82, 2.24) is 4.72 Å². The van der Waals surface area contributed by atoms with E-state index in [1.54, 1.807) is 34.1 Å². The van der Waals surface area contributed by atoms with E-state index in [4.69, 9.17) is 9.47 Å². The van der Waals surface area contributed by atoms with Gasteiger partial charge in [0, 0.05) is 12.6 Å². The first kappa shape index (κ1) is 22.5. The van der Waals surface area contributed by atoms with E-state index in [1.165, 1.54) is 12.1 Å². The van der Waals surface area contributed by atoms with Gasteiger partial charge in [0.25, 0.3) is 0 Å². The molecule has 0 aromatic heterocycles. The molecule has 0 aliphatic carbocycles. The van der Waals surface area contributed by atoms with Gasteiger partial charge < -0.3 is 19.9 Å². The summed E-state index contributed by atoms with van der Waals surface area (Å²) in [7, 11) is -0.752. The lowest BCUT2D eigenvalue weighted by molar-refractivity contribution is 0.0696. The average molecular weight is 423 g/mol. The Bertz CT molecular complexity index is 973. The van der Waals surface area contributed by atoms with Crippen molar-refractivity contribution in [2.75, 3.05) is 26.1 Å². The molecule has 2 aromatic rings. The van der Waals surface area contributed by atoms with E-state index in [9.17, 15) is 18.3 Å². The fraction of sp³-hybridized carbons (Fsp3) is 0.350. The summed E-state index contributed by atoms with van der Waals surface area (Å²) in [6, 6.07) is 9.22. The van der Waals surface area contributed by atoms with Crippen LogP contribution in [0, 0.1) is 0 Å². The molecule has 3 N–H and O–H groups in total. The normalized spacial score (nSPS) is 11.3. The van der Waals surface area contributed by atoms with Crippen LogP contribution < -0.4 is 19.5 Å². The van der Waals surface area contributed by atoms with Gasteiger partial charge in [-0.1, -0.05) is 6.07 Å². The number of methoxy groups -OCH3 is 2. The van der Waals surface area contributed by atoms with E-state index in [1.807, 2.05) is 12.1 Å². The maximum atomic E-state index is 12.7. The van der Waals surface area contributed by atoms with Crippen LogP contribution in [0.1, 0.15) is 29.8 Å². The van der Waals surface area contributed by atoms with E-state index in [2.05, 4.69) is 10.0 Å². The number of anilines is 1. The number of sulfonamides is 1. The predicted octanol–water partition coefficient (Wildman–Crippen LogP) is 2.74. The van der Waals surface area contributed by atoms with Crippen LogP contribution in [0.2, 0.25) is 0 Å². The van der Waals surface area contributed by atoms with Gasteiger partial charge in [-0.25, -0.2) is 17.9 Å². The Kier molecular flexibility index (Phi) is 7.46. The summed E-state index contributed by atoms with van der Waals surface area (Å²) >= 11 is 0. The van der Waals surface area contributed by atoms with E-state index < -0.39 is 16.0 Å². The highest BCUT2D eigenvalue weighted by molar-refractivity contribution is 7.89. The smallest absolute Gasteiger partial charge is 0.335 e. The molecule has 2 aromatic carbocycles. The van der Waals surface area contributed by atoms with E-state index >= 15 is 0 Å². The number of carbonyl (C=O) groups is 1. The average Bonchev–Trinajstić information content (AvgIpc) is 2.66. The van der Waals surface area contributed by atoms with Gasteiger partial charge >= 0.3 is 5.97 Å². The first-order valence-electron chi connectivity index (χ1n) is 9.02. The number of hydrogen-bond acceptors (Lipinski definition) is 6. The second-order valence-electron chi connectivity index (χ2n) is 6.66. The van der Waals surface area contributed by atoms with Crippen LogP contribution >= 0.6 is 0 Å². The number of rotatable bonds is 10. The summed E-state index contributed by atoms with van der Waals surface area (Å²) in [6.45, 7) is 3.83. The first-order valence-corrected chi connectivity index (χ1v) is 10.5. The lowest BCUT2D eigenvalue weighted by Gasteiger charge is -2.16. The van der Waals surface area contributed by atoms with Crippen LogP contribution in [-0.2, 0) is 16.4 Å². The standard InChI is InChI=1S/C20H26N2O6S/c1-13(2)22-29(25,26)19-12-15(20(23)24)6-7-16(19)21-10-9-14-5-8-17(27-3)18(11-14)28-4/h5-8,11-13,21-22H,9-10H2,1-4H3,(H,23,24). The molecule has 0 radical (unpaired) electrons. The van der Waals surface area contributed by atoms with Gasteiger partial charge in [-0.3, -0.25) is 0 Å². The molecule has 8 nitrogen and oxygen atoms in total. The number of benzene rings is 2. The predicted molar refractivity (Wildman–Crippen MR) is 111 cm³/mol. The van der Waals surface area contributed by atoms with Gasteiger partial charge in [-0.2, -0.15) is 0 Å². The third-order valence-electron chi connectivity index (χ3n) is 4.09. The molecule has 2 rings (SSSR count). The van der Waals surface area contributed by atoms with Gasteiger partial charge in [0.15, 0.2) is 11.5 Å². The van der Waals surface area contributed by atoms with E-state index in [0.717, 1.165) is 11.6 Å². The molecule has 158 valence electrons. The maximum Gasteiger partial charge on any atom is 0.335 e. The van der Waals surface area contributed by atoms with Gasteiger partial charge in [0.2, 0.25) is 10.0 Å². The fourth-order valence-corrected chi connectivity index (χ4v) is 4.23. The highest BCUT2D eigenvalue weighted by Gasteiger charge is 2.21. The number of ether oxygens (including phenoxy) is 2. The summed E-state index contributed by atoms with van der Waals surface area (Å²) in [5, 5.41) is 12.3. The quantitative estimate of drug-likeness (QED) is 0.539. The van der Waals surface area contributed by atoms with E-state index in [0.29, 0.717) is 30.2 Å². The van der Waals surface area contributed by atoms with Crippen molar-refractivity contribution in [1.29, 1.82) is 0 Å². The summed E-state index contributed by atoms with van der Waals surface area (Å²) in [4.78, 5) is 11.2. The summed E-state index contributed by atoms with van der Waals surface area (Å²) in [5.74, 6) is 0.0460. The minimum absolute atomic E-state index is 0.0976. The molecular weight excluding hydrogens is 396 g/mol. The Morgan fingerprint density at radius 3 is 2.34 bits per heavy atom. The van der Waals surface area contributed by atoms with Crippen molar-refractivity contribution in [2.24, 2.45) is 0 Å². The Balaban J connectivity index is 2.23. The zero-order valence-corrected chi connectivity index (χ0v) is 17.7. The molecule has 0 amide bonds. The summed E-state index contributed by atoms with van der Waals surface area (Å²) < 4.78 is 38.3. The van der Waals surface area contributed by atoms with Gasteiger partial charge in [0.1, 0.15) is 4.90 Å². The van der Waals surface area contributed by atoms with Crippen LogP contribution in [0.3, 0.4) is 0 Å². The molecule has 0 aliphatic heterocycles. The topological polar surface area (TPSA) is 114 Å². The molecule has 0 aliphatic rings. The van der Waals surface area contributed by atoms with Crippen molar-refractivity contribution in [3.63, 3.8) is 0 Å². The number of carboxylic acid groups (broad SMARTS) is 1. The molecule has 0 heterocycles. The van der Waals surface area contributed by atoms with Crippen LogP contribution in [-0.4, -0.2) is 46.3 Å². The van der Waals surface area contributed by atoms with Crippen molar-refractivity contribution < 1.29 is 27.8 Å². The maximum absolute atomic E-state index is 12.7. The molecule has 29 heavy (non-hydrogen) atoms. The summed E-state index contributed by atoms with van der Waals surface area (Å²) in [5.41, 5.74) is 1.21. The molecule has 0 bridgehead atoms. The van der Waals surface area contributed by atoms with Crippen molar-refractivity contribution in [3.8, 4) is 11.5 Å². The Morgan fingerprint density at radius 2 is 1.76 bits per heavy atom. The second-order valence-corrected chi connectivity index (χ2v) is 8.34. The summed E-state index contributed by atoms with van der Waals surface area (Å²) in [6.07, 6.45) is 0.595. The molecule has 0 atom stereocenters. The fourth-order valence-electron chi connectivity index (χ4n) is 2.78.